The SMILES string of the molecule is CC(C)C1(n2nn[nH]c2=O)CC1(Cl)Cl. The number of nitrogens with zero attached hydrogens (tertiary/aromatic N) is 3. The third-order valence-corrected chi connectivity index (χ3v) is 3.73. The number of aromatic amines is 1. The molecule has 0 bridgehead atoms. The molecule has 0 radical (unpaired) electrons. The Labute approximate surface area is 90.4 Å². The molecule has 14 heavy (non-hydrogen) atoms. The van der Waals surface area contributed by atoms with Crippen molar-refractivity contribution in [3.05, 3.63) is 10.5 Å². The van der Waals surface area contributed by atoms with Gasteiger partial charge in [0.05, 0.1) is 0 Å². The normalized spacial score (nSPS) is 29.5. The number of rotatable bonds is 2. The number of halogens is 2. The van der Waals surface area contributed by atoms with Gasteiger partial charge in [0.1, 0.15) is 9.87 Å². The second kappa shape index (κ2) is 2.73. The summed E-state index contributed by atoms with van der Waals surface area (Å²) in [4.78, 5) is 11.4. The van der Waals surface area contributed by atoms with Crippen LogP contribution < -0.4 is 5.69 Å². The monoisotopic (exact) mass is 236 g/mol. The lowest BCUT2D eigenvalue weighted by molar-refractivity contribution is 0.301. The molecule has 1 atom stereocenters. The highest BCUT2D eigenvalue weighted by Gasteiger charge is 2.71. The van der Waals surface area contributed by atoms with Crippen LogP contribution in [0, 0.1) is 5.92 Å². The van der Waals surface area contributed by atoms with Crippen molar-refractivity contribution in [1.29, 1.82) is 0 Å². The van der Waals surface area contributed by atoms with Crippen LogP contribution >= 0.6 is 23.2 Å². The van der Waals surface area contributed by atoms with Gasteiger partial charge in [-0.25, -0.2) is 9.89 Å². The van der Waals surface area contributed by atoms with E-state index in [1.807, 2.05) is 13.8 Å². The maximum Gasteiger partial charge on any atom is 0.361 e. The molecule has 1 aromatic heterocycles. The molecule has 0 spiro atoms. The van der Waals surface area contributed by atoms with E-state index < -0.39 is 9.87 Å². The third kappa shape index (κ3) is 1.05. The average Bonchev–Trinajstić information content (AvgIpc) is 2.44. The summed E-state index contributed by atoms with van der Waals surface area (Å²) in [6.45, 7) is 3.90. The molecule has 1 aliphatic carbocycles. The number of hydrogen-bond acceptors (Lipinski definition) is 3. The van der Waals surface area contributed by atoms with E-state index in [0.717, 1.165) is 0 Å². The summed E-state index contributed by atoms with van der Waals surface area (Å²) in [5.74, 6) is 0.125. The van der Waals surface area contributed by atoms with Gasteiger partial charge in [-0.05, 0) is 16.3 Å². The van der Waals surface area contributed by atoms with Crippen LogP contribution in [0.1, 0.15) is 20.3 Å². The molecule has 1 saturated carbocycles. The molecule has 1 heterocycles. The maximum absolute atomic E-state index is 11.4. The van der Waals surface area contributed by atoms with Crippen molar-refractivity contribution in [3.8, 4) is 0 Å². The molecule has 1 aliphatic rings. The van der Waals surface area contributed by atoms with E-state index in [1.165, 1.54) is 4.68 Å². The van der Waals surface area contributed by atoms with Crippen molar-refractivity contribution in [3.63, 3.8) is 0 Å². The van der Waals surface area contributed by atoms with Crippen molar-refractivity contribution < 1.29 is 0 Å². The lowest BCUT2D eigenvalue weighted by atomic mass is 10.0. The first-order chi connectivity index (χ1) is 6.42. The van der Waals surface area contributed by atoms with E-state index >= 15 is 0 Å². The summed E-state index contributed by atoms with van der Waals surface area (Å²) in [6, 6.07) is 0. The molecule has 0 aliphatic heterocycles. The molecule has 1 fully saturated rings. The molecule has 1 aromatic rings. The Kier molecular flexibility index (Phi) is 1.95. The van der Waals surface area contributed by atoms with E-state index in [2.05, 4.69) is 15.5 Å². The minimum absolute atomic E-state index is 0.125. The Hall–Kier alpha value is -0.550. The lowest BCUT2D eigenvalue weighted by Crippen LogP contribution is -2.37. The van der Waals surface area contributed by atoms with Crippen LogP contribution in [0.15, 0.2) is 4.79 Å². The Balaban J connectivity index is 2.52. The molecule has 7 heteroatoms. The van der Waals surface area contributed by atoms with Crippen LogP contribution in [0.25, 0.3) is 0 Å². The third-order valence-electron chi connectivity index (χ3n) is 2.81. The van der Waals surface area contributed by atoms with E-state index in [1.54, 1.807) is 0 Å². The van der Waals surface area contributed by atoms with Crippen molar-refractivity contribution in [2.24, 2.45) is 5.92 Å². The van der Waals surface area contributed by atoms with Gasteiger partial charge in [0.25, 0.3) is 0 Å². The second-order valence-electron chi connectivity index (χ2n) is 3.88. The van der Waals surface area contributed by atoms with Gasteiger partial charge in [-0.15, -0.1) is 0 Å². The standard InChI is InChI=1S/C7H10Cl2N4O/c1-4(2)6(3-7(6,8)9)13-5(14)10-11-12-13/h4H,3H2,1-2H3,(H,10,12,14). The highest BCUT2D eigenvalue weighted by Crippen LogP contribution is 2.64. The van der Waals surface area contributed by atoms with Crippen LogP contribution in [0.2, 0.25) is 0 Å². The van der Waals surface area contributed by atoms with Gasteiger partial charge >= 0.3 is 5.69 Å². The van der Waals surface area contributed by atoms with Gasteiger partial charge in [0, 0.05) is 6.42 Å². The molecule has 5 nitrogen and oxygen atoms in total. The van der Waals surface area contributed by atoms with E-state index in [0.29, 0.717) is 6.42 Å². The Bertz CT molecular complexity index is 410. The van der Waals surface area contributed by atoms with E-state index in [4.69, 9.17) is 23.2 Å². The number of alkyl halides is 2. The first-order valence-electron chi connectivity index (χ1n) is 4.30. The Morgan fingerprint density at radius 1 is 1.57 bits per heavy atom. The Morgan fingerprint density at radius 3 is 2.43 bits per heavy atom. The summed E-state index contributed by atoms with van der Waals surface area (Å²) in [7, 11) is 0. The van der Waals surface area contributed by atoms with Crippen molar-refractivity contribution in [1.82, 2.24) is 20.2 Å². The topological polar surface area (TPSA) is 63.6 Å². The molecular formula is C7H10Cl2N4O. The largest absolute Gasteiger partial charge is 0.361 e. The fourth-order valence-corrected chi connectivity index (χ4v) is 2.86. The minimum atomic E-state index is -0.915. The highest BCUT2D eigenvalue weighted by molar-refractivity contribution is 6.51. The van der Waals surface area contributed by atoms with Crippen LogP contribution in [0.3, 0.4) is 0 Å². The van der Waals surface area contributed by atoms with Crippen LogP contribution in [0.5, 0.6) is 0 Å². The summed E-state index contributed by atoms with van der Waals surface area (Å²) in [5.41, 5.74) is -0.984. The van der Waals surface area contributed by atoms with Gasteiger partial charge in [-0.1, -0.05) is 37.0 Å². The fraction of sp³-hybridized carbons (Fsp3) is 0.857. The fourth-order valence-electron chi connectivity index (χ4n) is 1.85. The summed E-state index contributed by atoms with van der Waals surface area (Å²) < 4.78 is 0.333. The van der Waals surface area contributed by atoms with Crippen molar-refractivity contribution >= 4 is 23.2 Å². The predicted octanol–water partition coefficient (Wildman–Crippen LogP) is 0.895. The molecule has 0 aromatic carbocycles. The van der Waals surface area contributed by atoms with Crippen LogP contribution in [-0.2, 0) is 5.54 Å². The first kappa shape index (κ1) is 9.98. The second-order valence-corrected chi connectivity index (χ2v) is 5.36. The van der Waals surface area contributed by atoms with Gasteiger partial charge in [0.2, 0.25) is 0 Å². The summed E-state index contributed by atoms with van der Waals surface area (Å²) >= 11 is 12.1. The van der Waals surface area contributed by atoms with Gasteiger partial charge in [-0.3, -0.25) is 0 Å². The number of H-pyrrole nitrogens is 1. The lowest BCUT2D eigenvalue weighted by Gasteiger charge is -2.20. The molecule has 2 rings (SSSR count). The zero-order valence-electron chi connectivity index (χ0n) is 7.79. The number of nitrogens with one attached hydrogen (secondary N) is 1. The first-order valence-corrected chi connectivity index (χ1v) is 5.06. The molecule has 1 N–H and O–H groups in total. The Morgan fingerprint density at radius 2 is 2.14 bits per heavy atom. The zero-order valence-corrected chi connectivity index (χ0v) is 9.30. The highest BCUT2D eigenvalue weighted by atomic mass is 35.5. The quantitative estimate of drug-likeness (QED) is 0.777. The predicted molar refractivity (Wildman–Crippen MR) is 52.5 cm³/mol. The van der Waals surface area contributed by atoms with Crippen LogP contribution in [-0.4, -0.2) is 24.5 Å². The van der Waals surface area contributed by atoms with Gasteiger partial charge < -0.3 is 0 Å². The van der Waals surface area contributed by atoms with Crippen molar-refractivity contribution in [2.45, 2.75) is 30.1 Å². The number of hydrogen-bond donors (Lipinski definition) is 1. The molecule has 1 unspecified atom stereocenters. The number of aromatic nitrogens is 4. The maximum atomic E-state index is 11.4. The van der Waals surface area contributed by atoms with Crippen molar-refractivity contribution in [2.75, 3.05) is 0 Å². The van der Waals surface area contributed by atoms with Crippen LogP contribution in [0.4, 0.5) is 0 Å². The summed E-state index contributed by atoms with van der Waals surface area (Å²) in [6.07, 6.45) is 0.521. The molecule has 0 saturated heterocycles. The van der Waals surface area contributed by atoms with E-state index in [-0.39, 0.29) is 11.6 Å². The van der Waals surface area contributed by atoms with Gasteiger partial charge in [0.15, 0.2) is 0 Å². The molecule has 0 amide bonds. The summed E-state index contributed by atoms with van der Waals surface area (Å²) in [5, 5.41) is 9.37. The average molecular weight is 237 g/mol. The van der Waals surface area contributed by atoms with Gasteiger partial charge in [-0.2, -0.15) is 4.68 Å². The number of tetrazole rings is 1. The smallest absolute Gasteiger partial charge is 0.244 e. The minimum Gasteiger partial charge on any atom is -0.244 e. The molecule has 78 valence electrons. The zero-order chi connectivity index (χ0) is 10.6. The van der Waals surface area contributed by atoms with E-state index in [9.17, 15) is 4.79 Å². The molecular weight excluding hydrogens is 227 g/mol.